The number of sulfonamides is 1. The molecule has 6 rings (SSSR count). The molecule has 0 bridgehead atoms. The Morgan fingerprint density at radius 3 is 2.53 bits per heavy atom. The molecule has 11 heteroatoms. The maximum Gasteiger partial charge on any atom is 0.255 e. The van der Waals surface area contributed by atoms with E-state index in [1.54, 1.807) is 0 Å². The molecule has 2 aliphatic heterocycles. The molecule has 0 atom stereocenters. The number of carbonyl (C=O) groups is 1. The fourth-order valence-corrected chi connectivity index (χ4v) is 8.45. The number of rotatable bonds is 4. The van der Waals surface area contributed by atoms with Crippen molar-refractivity contribution in [3.05, 3.63) is 28.0 Å². The van der Waals surface area contributed by atoms with E-state index in [1.165, 1.54) is 40.9 Å². The molecule has 4 aliphatic rings. The van der Waals surface area contributed by atoms with E-state index in [9.17, 15) is 17.6 Å². The Morgan fingerprint density at radius 2 is 1.91 bits per heavy atom. The van der Waals surface area contributed by atoms with Gasteiger partial charge in [-0.05, 0) is 56.4 Å². The van der Waals surface area contributed by atoms with Gasteiger partial charge in [0.05, 0.1) is 28.4 Å². The van der Waals surface area contributed by atoms with Gasteiger partial charge in [-0.1, -0.05) is 0 Å². The highest BCUT2D eigenvalue weighted by molar-refractivity contribution is 7.88. The van der Waals surface area contributed by atoms with Gasteiger partial charge in [0.15, 0.2) is 5.82 Å². The molecule has 1 saturated heterocycles. The summed E-state index contributed by atoms with van der Waals surface area (Å²) in [4.78, 5) is 25.5. The minimum Gasteiger partial charge on any atom is -0.351 e. The normalized spacial score (nSPS) is 23.4. The lowest BCUT2D eigenvalue weighted by Crippen LogP contribution is -2.51. The van der Waals surface area contributed by atoms with Gasteiger partial charge in [-0.2, -0.15) is 0 Å². The number of nitrogens with zero attached hydrogens (tertiary/aromatic N) is 4. The number of anilines is 1. The van der Waals surface area contributed by atoms with Crippen molar-refractivity contribution in [2.24, 2.45) is 5.41 Å². The van der Waals surface area contributed by atoms with Crippen LogP contribution in [0.3, 0.4) is 0 Å². The second-order valence-electron chi connectivity index (χ2n) is 10.5. The van der Waals surface area contributed by atoms with E-state index in [4.69, 9.17) is 0 Å². The molecular weight excluding hydrogens is 477 g/mol. The zero-order valence-electron chi connectivity index (χ0n) is 19.5. The number of aromatic nitrogens is 2. The van der Waals surface area contributed by atoms with Crippen molar-refractivity contribution < 1.29 is 17.6 Å². The highest BCUT2D eigenvalue weighted by Crippen LogP contribution is 2.72. The summed E-state index contributed by atoms with van der Waals surface area (Å²) < 4.78 is 39.9. The molecule has 2 saturated carbocycles. The third kappa shape index (κ3) is 3.23. The molecule has 2 aromatic rings. The largest absolute Gasteiger partial charge is 0.351 e. The molecule has 34 heavy (non-hydrogen) atoms. The van der Waals surface area contributed by atoms with Crippen molar-refractivity contribution in [2.45, 2.75) is 57.0 Å². The maximum absolute atomic E-state index is 14.9. The van der Waals surface area contributed by atoms with Crippen molar-refractivity contribution in [1.29, 1.82) is 0 Å². The molecule has 1 N–H and O–H groups in total. The predicted molar refractivity (Wildman–Crippen MR) is 128 cm³/mol. The van der Waals surface area contributed by atoms with E-state index in [0.29, 0.717) is 42.2 Å². The van der Waals surface area contributed by atoms with E-state index >= 15 is 0 Å². The molecule has 0 unspecified atom stereocenters. The summed E-state index contributed by atoms with van der Waals surface area (Å²) in [6, 6.07) is 0.00829. The summed E-state index contributed by atoms with van der Waals surface area (Å²) >= 11 is 1.50. The standard InChI is InChI=1S/C23H28FN5O3S2/c1-13-16-19(23(28(2)20(16)30)11-22(12-23)6-7-22)33-18(13)17-15(24)10-25-21(27-17)26-14-4-8-29(9-5-14)34(3,31)32/h10,14H,4-9,11-12H2,1-3H3,(H,25,26,27). The number of carbonyl (C=O) groups excluding carboxylic acids is 1. The van der Waals surface area contributed by atoms with Crippen LogP contribution in [0.5, 0.6) is 0 Å². The molecule has 2 aliphatic carbocycles. The molecule has 182 valence electrons. The van der Waals surface area contributed by atoms with Crippen LogP contribution in [0.4, 0.5) is 10.3 Å². The first-order valence-electron chi connectivity index (χ1n) is 11.7. The number of piperidine rings is 1. The number of fused-ring (bicyclic) bond motifs is 2. The topological polar surface area (TPSA) is 95.5 Å². The Bertz CT molecular complexity index is 1300. The van der Waals surface area contributed by atoms with Gasteiger partial charge in [-0.25, -0.2) is 27.1 Å². The molecule has 8 nitrogen and oxygen atoms in total. The molecular formula is C23H28FN5O3S2. The fourth-order valence-electron chi connectivity index (χ4n) is 6.07. The Balaban J connectivity index is 1.28. The lowest BCUT2D eigenvalue weighted by Gasteiger charge is -2.50. The first-order valence-corrected chi connectivity index (χ1v) is 14.4. The van der Waals surface area contributed by atoms with E-state index in [0.717, 1.165) is 28.8 Å². The van der Waals surface area contributed by atoms with E-state index in [1.807, 2.05) is 18.9 Å². The Morgan fingerprint density at radius 1 is 1.24 bits per heavy atom. The summed E-state index contributed by atoms with van der Waals surface area (Å²) in [7, 11) is -1.30. The van der Waals surface area contributed by atoms with Crippen LogP contribution in [0.25, 0.3) is 10.6 Å². The van der Waals surface area contributed by atoms with Crippen molar-refractivity contribution in [3.63, 3.8) is 0 Å². The summed E-state index contributed by atoms with van der Waals surface area (Å²) in [6.45, 7) is 2.75. The minimum absolute atomic E-state index is 0.00829. The number of hydrogen-bond acceptors (Lipinski definition) is 7. The number of halogens is 1. The van der Waals surface area contributed by atoms with Gasteiger partial charge in [0, 0.05) is 31.1 Å². The molecule has 1 amide bonds. The van der Waals surface area contributed by atoms with Crippen LogP contribution >= 0.6 is 11.3 Å². The van der Waals surface area contributed by atoms with Crippen LogP contribution in [0, 0.1) is 18.2 Å². The van der Waals surface area contributed by atoms with Crippen molar-refractivity contribution in [3.8, 4) is 10.6 Å². The van der Waals surface area contributed by atoms with Gasteiger partial charge in [0.25, 0.3) is 5.91 Å². The van der Waals surface area contributed by atoms with Crippen molar-refractivity contribution in [2.75, 3.05) is 31.7 Å². The van der Waals surface area contributed by atoms with Crippen LogP contribution in [0.2, 0.25) is 0 Å². The van der Waals surface area contributed by atoms with Crippen LogP contribution in [-0.2, 0) is 15.6 Å². The van der Waals surface area contributed by atoms with Gasteiger partial charge in [0.2, 0.25) is 16.0 Å². The zero-order valence-corrected chi connectivity index (χ0v) is 21.2. The molecule has 0 radical (unpaired) electrons. The predicted octanol–water partition coefficient (Wildman–Crippen LogP) is 3.34. The van der Waals surface area contributed by atoms with Gasteiger partial charge < -0.3 is 10.2 Å². The van der Waals surface area contributed by atoms with Crippen LogP contribution in [0.1, 0.15) is 59.3 Å². The van der Waals surface area contributed by atoms with Gasteiger partial charge in [0.1, 0.15) is 5.69 Å². The summed E-state index contributed by atoms with van der Waals surface area (Å²) in [5.74, 6) is -0.167. The molecule has 4 heterocycles. The number of thiophene rings is 1. The van der Waals surface area contributed by atoms with E-state index < -0.39 is 15.8 Å². The monoisotopic (exact) mass is 505 g/mol. The highest BCUT2D eigenvalue weighted by Gasteiger charge is 2.67. The first kappa shape index (κ1) is 22.4. The lowest BCUT2D eigenvalue weighted by molar-refractivity contribution is -0.00242. The molecule has 2 aromatic heterocycles. The Labute approximate surface area is 202 Å². The zero-order chi connectivity index (χ0) is 24.0. The highest BCUT2D eigenvalue weighted by atomic mass is 32.2. The number of nitrogens with one attached hydrogen (secondary N) is 1. The average Bonchev–Trinajstić information content (AvgIpc) is 3.44. The summed E-state index contributed by atoms with van der Waals surface area (Å²) in [5, 5.41) is 3.25. The molecule has 2 spiro atoms. The average molecular weight is 506 g/mol. The third-order valence-electron chi connectivity index (χ3n) is 8.24. The van der Waals surface area contributed by atoms with Crippen molar-refractivity contribution >= 4 is 33.2 Å². The first-order chi connectivity index (χ1) is 16.0. The summed E-state index contributed by atoms with van der Waals surface area (Å²) in [6.07, 6.45) is 8.12. The van der Waals surface area contributed by atoms with E-state index in [-0.39, 0.29) is 23.2 Å². The number of hydrogen-bond donors (Lipinski definition) is 1. The van der Waals surface area contributed by atoms with Gasteiger partial charge in [-0.3, -0.25) is 4.79 Å². The SMILES string of the molecule is Cc1c(-c2nc(NC3CCN(S(C)(=O)=O)CC3)ncc2F)sc2c1C(=O)N(C)C21CC2(CC2)C1. The van der Waals surface area contributed by atoms with Gasteiger partial charge in [-0.15, -0.1) is 11.3 Å². The maximum atomic E-state index is 14.9. The van der Waals surface area contributed by atoms with Crippen molar-refractivity contribution in [1.82, 2.24) is 19.2 Å². The van der Waals surface area contributed by atoms with Crippen LogP contribution in [0.15, 0.2) is 6.20 Å². The van der Waals surface area contributed by atoms with E-state index in [2.05, 4.69) is 15.3 Å². The Kier molecular flexibility index (Phi) is 4.74. The van der Waals surface area contributed by atoms with Gasteiger partial charge >= 0.3 is 0 Å². The quantitative estimate of drug-likeness (QED) is 0.685. The molecule has 0 aromatic carbocycles. The fraction of sp³-hybridized carbons (Fsp3) is 0.609. The second kappa shape index (κ2) is 7.20. The van der Waals surface area contributed by atoms with Crippen LogP contribution < -0.4 is 5.32 Å². The Hall–Kier alpha value is -2.11. The smallest absolute Gasteiger partial charge is 0.255 e. The summed E-state index contributed by atoms with van der Waals surface area (Å²) in [5.41, 5.74) is 1.90. The lowest BCUT2D eigenvalue weighted by atomic mass is 9.64. The minimum atomic E-state index is -3.20. The van der Waals surface area contributed by atoms with Crippen LogP contribution in [-0.4, -0.2) is 65.9 Å². The second-order valence-corrected chi connectivity index (χ2v) is 13.5. The third-order valence-corrected chi connectivity index (χ3v) is 11.0. The number of amides is 1. The molecule has 3 fully saturated rings.